The Morgan fingerprint density at radius 2 is 2.00 bits per heavy atom. The minimum Gasteiger partial charge on any atom is -0.294 e. The zero-order valence-electron chi connectivity index (χ0n) is 9.29. The average molecular weight is 328 g/mol. The van der Waals surface area contributed by atoms with Crippen LogP contribution in [0.25, 0.3) is 0 Å². The van der Waals surface area contributed by atoms with E-state index in [-0.39, 0.29) is 12.2 Å². The van der Waals surface area contributed by atoms with Crippen molar-refractivity contribution in [1.82, 2.24) is 0 Å². The quantitative estimate of drug-likeness (QED) is 0.749. The second-order valence-corrected chi connectivity index (χ2v) is 5.17. The first kappa shape index (κ1) is 13.2. The molecule has 0 saturated carbocycles. The Morgan fingerprint density at radius 3 is 2.72 bits per heavy atom. The molecule has 0 atom stereocenters. The summed E-state index contributed by atoms with van der Waals surface area (Å²) >= 11 is 9.23. The van der Waals surface area contributed by atoms with Crippen molar-refractivity contribution in [2.45, 2.75) is 6.42 Å². The number of carbonyl (C=O) groups is 1. The smallest absolute Gasteiger partial charge is 0.167 e. The lowest BCUT2D eigenvalue weighted by molar-refractivity contribution is 0.0993. The number of halogens is 3. The number of hydrogen-bond donors (Lipinski definition) is 0. The van der Waals surface area contributed by atoms with Crippen LogP contribution in [0.15, 0.2) is 46.9 Å². The van der Waals surface area contributed by atoms with E-state index in [2.05, 4.69) is 15.9 Å². The third-order valence-corrected chi connectivity index (χ3v) is 3.37. The molecule has 0 aliphatic rings. The fourth-order valence-corrected chi connectivity index (χ4v) is 2.20. The van der Waals surface area contributed by atoms with E-state index in [4.69, 9.17) is 11.6 Å². The summed E-state index contributed by atoms with van der Waals surface area (Å²) in [5.41, 5.74) is 1.08. The highest BCUT2D eigenvalue weighted by Crippen LogP contribution is 2.20. The fourth-order valence-electron chi connectivity index (χ4n) is 1.62. The van der Waals surface area contributed by atoms with Gasteiger partial charge in [-0.25, -0.2) is 4.39 Å². The predicted octanol–water partition coefficient (Wildman–Crippen LogP) is 4.67. The lowest BCUT2D eigenvalue weighted by Crippen LogP contribution is -2.04. The molecule has 0 unspecified atom stereocenters. The van der Waals surface area contributed by atoms with Crippen LogP contribution in [-0.2, 0) is 6.42 Å². The van der Waals surface area contributed by atoms with E-state index in [0.717, 1.165) is 4.47 Å². The molecule has 0 aromatic heterocycles. The van der Waals surface area contributed by atoms with Crippen LogP contribution in [0.4, 0.5) is 4.39 Å². The minimum absolute atomic E-state index is 0.0903. The predicted molar refractivity (Wildman–Crippen MR) is 73.6 cm³/mol. The monoisotopic (exact) mass is 326 g/mol. The van der Waals surface area contributed by atoms with Gasteiger partial charge < -0.3 is 0 Å². The summed E-state index contributed by atoms with van der Waals surface area (Å²) in [6, 6.07) is 11.1. The molecule has 0 N–H and O–H groups in total. The molecule has 0 heterocycles. The molecule has 4 heteroatoms. The number of rotatable bonds is 3. The highest BCUT2D eigenvalue weighted by Gasteiger charge is 2.10. The van der Waals surface area contributed by atoms with Gasteiger partial charge in [-0.1, -0.05) is 39.7 Å². The molecule has 0 bridgehead atoms. The van der Waals surface area contributed by atoms with Gasteiger partial charge in [0, 0.05) is 21.5 Å². The average Bonchev–Trinajstić information content (AvgIpc) is 2.34. The standard InChI is InChI=1S/C14H9BrClFO/c15-11-3-1-2-9(6-11)14(18)8-10-7-12(17)4-5-13(10)16/h1-7H,8H2. The van der Waals surface area contributed by atoms with E-state index in [9.17, 15) is 9.18 Å². The molecule has 0 aliphatic heterocycles. The SMILES string of the molecule is O=C(Cc1cc(F)ccc1Cl)c1cccc(Br)c1. The second kappa shape index (κ2) is 5.63. The Morgan fingerprint density at radius 1 is 1.22 bits per heavy atom. The van der Waals surface area contributed by atoms with Gasteiger partial charge in [0.05, 0.1) is 0 Å². The number of carbonyl (C=O) groups excluding carboxylic acids is 1. The van der Waals surface area contributed by atoms with Gasteiger partial charge >= 0.3 is 0 Å². The molecule has 0 amide bonds. The Labute approximate surface area is 118 Å². The Hall–Kier alpha value is -1.19. The van der Waals surface area contributed by atoms with Crippen LogP contribution in [0.2, 0.25) is 5.02 Å². The topological polar surface area (TPSA) is 17.1 Å². The van der Waals surface area contributed by atoms with Crippen molar-refractivity contribution in [1.29, 1.82) is 0 Å². The summed E-state index contributed by atoms with van der Waals surface area (Å²) in [6.07, 6.45) is 0.0903. The molecule has 2 rings (SSSR count). The molecule has 0 radical (unpaired) electrons. The molecule has 1 nitrogen and oxygen atoms in total. The molecule has 0 aliphatic carbocycles. The maximum atomic E-state index is 13.1. The van der Waals surface area contributed by atoms with Gasteiger partial charge in [-0.3, -0.25) is 4.79 Å². The number of ketones is 1. The van der Waals surface area contributed by atoms with E-state index in [1.54, 1.807) is 18.2 Å². The number of benzene rings is 2. The molecule has 2 aromatic carbocycles. The summed E-state index contributed by atoms with van der Waals surface area (Å²) in [6.45, 7) is 0. The molecule has 18 heavy (non-hydrogen) atoms. The summed E-state index contributed by atoms with van der Waals surface area (Å²) in [7, 11) is 0. The van der Waals surface area contributed by atoms with Crippen molar-refractivity contribution in [3.63, 3.8) is 0 Å². The molecular weight excluding hydrogens is 319 g/mol. The van der Waals surface area contributed by atoms with Crippen molar-refractivity contribution < 1.29 is 9.18 Å². The van der Waals surface area contributed by atoms with Crippen molar-refractivity contribution in [3.05, 3.63) is 68.9 Å². The third kappa shape index (κ3) is 3.18. The molecule has 2 aromatic rings. The molecule has 0 saturated heterocycles. The van der Waals surface area contributed by atoms with E-state index >= 15 is 0 Å². The van der Waals surface area contributed by atoms with Gasteiger partial charge in [-0.15, -0.1) is 0 Å². The van der Waals surface area contributed by atoms with Crippen molar-refractivity contribution in [2.24, 2.45) is 0 Å². The lowest BCUT2D eigenvalue weighted by atomic mass is 10.0. The summed E-state index contributed by atoms with van der Waals surface area (Å²) in [5.74, 6) is -0.486. The Bertz CT molecular complexity index is 598. The van der Waals surface area contributed by atoms with Crippen LogP contribution in [0.1, 0.15) is 15.9 Å². The maximum absolute atomic E-state index is 13.1. The summed E-state index contributed by atoms with van der Waals surface area (Å²) in [5, 5.41) is 0.403. The first-order valence-electron chi connectivity index (χ1n) is 5.29. The van der Waals surface area contributed by atoms with Gasteiger partial charge in [0.2, 0.25) is 0 Å². The Balaban J connectivity index is 2.24. The van der Waals surface area contributed by atoms with E-state index < -0.39 is 5.82 Å². The van der Waals surface area contributed by atoms with Gasteiger partial charge in [0.15, 0.2) is 5.78 Å². The third-order valence-electron chi connectivity index (χ3n) is 2.51. The first-order chi connectivity index (χ1) is 8.56. The highest BCUT2D eigenvalue weighted by atomic mass is 79.9. The van der Waals surface area contributed by atoms with E-state index in [1.807, 2.05) is 6.07 Å². The number of hydrogen-bond acceptors (Lipinski definition) is 1. The summed E-state index contributed by atoms with van der Waals surface area (Å²) in [4.78, 5) is 12.0. The van der Waals surface area contributed by atoms with Crippen LogP contribution in [0.5, 0.6) is 0 Å². The van der Waals surface area contributed by atoms with Gasteiger partial charge in [0.25, 0.3) is 0 Å². The van der Waals surface area contributed by atoms with Crippen LogP contribution in [-0.4, -0.2) is 5.78 Å². The normalized spacial score (nSPS) is 10.4. The lowest BCUT2D eigenvalue weighted by Gasteiger charge is -2.04. The number of Topliss-reactive ketones (excluding diaryl/α,β-unsaturated/α-hetero) is 1. The highest BCUT2D eigenvalue weighted by molar-refractivity contribution is 9.10. The van der Waals surface area contributed by atoms with Gasteiger partial charge in [-0.2, -0.15) is 0 Å². The van der Waals surface area contributed by atoms with E-state index in [0.29, 0.717) is 16.1 Å². The van der Waals surface area contributed by atoms with Crippen LogP contribution < -0.4 is 0 Å². The largest absolute Gasteiger partial charge is 0.294 e. The minimum atomic E-state index is -0.392. The van der Waals surface area contributed by atoms with Crippen LogP contribution in [0.3, 0.4) is 0 Å². The van der Waals surface area contributed by atoms with Gasteiger partial charge in [-0.05, 0) is 35.9 Å². The zero-order chi connectivity index (χ0) is 13.1. The first-order valence-corrected chi connectivity index (χ1v) is 6.46. The fraction of sp³-hybridized carbons (Fsp3) is 0.0714. The molecule has 0 fully saturated rings. The van der Waals surface area contributed by atoms with Gasteiger partial charge in [0.1, 0.15) is 5.82 Å². The maximum Gasteiger partial charge on any atom is 0.167 e. The van der Waals surface area contributed by atoms with Crippen molar-refractivity contribution in [3.8, 4) is 0 Å². The van der Waals surface area contributed by atoms with Crippen molar-refractivity contribution in [2.75, 3.05) is 0 Å². The zero-order valence-corrected chi connectivity index (χ0v) is 11.6. The van der Waals surface area contributed by atoms with Crippen molar-refractivity contribution >= 4 is 33.3 Å². The van der Waals surface area contributed by atoms with Crippen LogP contribution >= 0.6 is 27.5 Å². The summed E-state index contributed by atoms with van der Waals surface area (Å²) < 4.78 is 13.9. The second-order valence-electron chi connectivity index (χ2n) is 3.85. The van der Waals surface area contributed by atoms with Crippen LogP contribution in [0, 0.1) is 5.82 Å². The van der Waals surface area contributed by atoms with E-state index in [1.165, 1.54) is 18.2 Å². The molecular formula is C14H9BrClFO. The molecule has 92 valence electrons. The Kier molecular flexibility index (Phi) is 4.15. The molecule has 0 spiro atoms.